The third kappa shape index (κ3) is 2.78. The Labute approximate surface area is 116 Å². The Morgan fingerprint density at radius 3 is 2.63 bits per heavy atom. The van der Waals surface area contributed by atoms with Crippen molar-refractivity contribution >= 4 is 23.4 Å². The van der Waals surface area contributed by atoms with Crippen molar-refractivity contribution < 1.29 is 14.0 Å². The molecule has 2 rings (SSSR count). The van der Waals surface area contributed by atoms with E-state index in [0.717, 1.165) is 0 Å². The molecule has 0 radical (unpaired) electrons. The second-order valence-corrected chi connectivity index (χ2v) is 5.60. The Balaban J connectivity index is 2.43. The summed E-state index contributed by atoms with van der Waals surface area (Å²) < 4.78 is 14.0. The second kappa shape index (κ2) is 5.29. The van der Waals surface area contributed by atoms with Crippen molar-refractivity contribution in [3.05, 3.63) is 34.6 Å². The Hall–Kier alpha value is -1.42. The number of carbonyl (C=O) groups is 2. The molecule has 0 aliphatic carbocycles. The minimum Gasteiger partial charge on any atom is -0.296 e. The van der Waals surface area contributed by atoms with E-state index in [2.05, 4.69) is 5.32 Å². The minimum atomic E-state index is -0.467. The van der Waals surface area contributed by atoms with Crippen LogP contribution in [0.25, 0.3) is 0 Å². The van der Waals surface area contributed by atoms with E-state index in [1.807, 2.05) is 13.8 Å². The summed E-state index contributed by atoms with van der Waals surface area (Å²) in [5, 5.41) is 2.61. The van der Waals surface area contributed by atoms with Gasteiger partial charge in [-0.05, 0) is 23.6 Å². The van der Waals surface area contributed by atoms with Gasteiger partial charge in [0.25, 0.3) is 0 Å². The zero-order chi connectivity index (χ0) is 14.2. The molecule has 1 aromatic rings. The van der Waals surface area contributed by atoms with Gasteiger partial charge in [-0.15, -0.1) is 0 Å². The van der Waals surface area contributed by atoms with Gasteiger partial charge in [-0.25, -0.2) is 4.39 Å². The third-order valence-electron chi connectivity index (χ3n) is 3.48. The fourth-order valence-electron chi connectivity index (χ4n) is 2.65. The molecule has 2 unspecified atom stereocenters. The largest absolute Gasteiger partial charge is 0.296 e. The lowest BCUT2D eigenvalue weighted by Crippen LogP contribution is -2.46. The SMILES string of the molecule is CC(C)C1C(=O)NC(=O)CC1c1ccc(Cl)cc1F. The maximum Gasteiger partial charge on any atom is 0.230 e. The summed E-state index contributed by atoms with van der Waals surface area (Å²) >= 11 is 5.73. The van der Waals surface area contributed by atoms with Crippen molar-refractivity contribution in [2.75, 3.05) is 0 Å². The first-order valence-electron chi connectivity index (χ1n) is 6.18. The van der Waals surface area contributed by atoms with Crippen molar-refractivity contribution in [2.45, 2.75) is 26.2 Å². The molecule has 1 fully saturated rings. The predicted molar refractivity (Wildman–Crippen MR) is 70.2 cm³/mol. The third-order valence-corrected chi connectivity index (χ3v) is 3.72. The number of hydrogen-bond donors (Lipinski definition) is 1. The molecule has 102 valence electrons. The molecule has 0 aromatic heterocycles. The molecule has 1 N–H and O–H groups in total. The fourth-order valence-corrected chi connectivity index (χ4v) is 2.81. The van der Waals surface area contributed by atoms with Crippen LogP contribution in [0.4, 0.5) is 4.39 Å². The Bertz CT molecular complexity index is 530. The maximum absolute atomic E-state index is 14.0. The summed E-state index contributed by atoms with van der Waals surface area (Å²) in [7, 11) is 0. The number of amides is 2. The first-order chi connectivity index (χ1) is 8.90. The number of benzene rings is 1. The lowest BCUT2D eigenvalue weighted by Gasteiger charge is -2.33. The molecule has 19 heavy (non-hydrogen) atoms. The van der Waals surface area contributed by atoms with Crippen molar-refractivity contribution in [2.24, 2.45) is 11.8 Å². The molecule has 5 heteroatoms. The summed E-state index contributed by atoms with van der Waals surface area (Å²) in [6.07, 6.45) is 0.118. The molecule has 1 aliphatic rings. The van der Waals surface area contributed by atoms with Crippen LogP contribution in [0.1, 0.15) is 31.7 Å². The van der Waals surface area contributed by atoms with Crippen molar-refractivity contribution in [1.82, 2.24) is 5.32 Å². The lowest BCUT2D eigenvalue weighted by atomic mass is 9.74. The van der Waals surface area contributed by atoms with Crippen LogP contribution in [0.5, 0.6) is 0 Å². The van der Waals surface area contributed by atoms with Crippen LogP contribution in [0.3, 0.4) is 0 Å². The quantitative estimate of drug-likeness (QED) is 0.849. The molecule has 0 saturated carbocycles. The van der Waals surface area contributed by atoms with Crippen LogP contribution >= 0.6 is 11.6 Å². The minimum absolute atomic E-state index is 0.0215. The fraction of sp³-hybridized carbons (Fsp3) is 0.429. The normalized spacial score (nSPS) is 23.6. The average molecular weight is 284 g/mol. The summed E-state index contributed by atoms with van der Waals surface area (Å²) in [6, 6.07) is 4.35. The van der Waals surface area contributed by atoms with Crippen LogP contribution < -0.4 is 5.32 Å². The number of nitrogens with one attached hydrogen (secondary N) is 1. The summed E-state index contributed by atoms with van der Waals surface area (Å²) in [4.78, 5) is 23.5. The maximum atomic E-state index is 14.0. The predicted octanol–water partition coefficient (Wildman–Crippen LogP) is 2.88. The van der Waals surface area contributed by atoms with Gasteiger partial charge in [0.2, 0.25) is 11.8 Å². The number of piperidine rings is 1. The van der Waals surface area contributed by atoms with Crippen LogP contribution in [0.2, 0.25) is 5.02 Å². The van der Waals surface area contributed by atoms with Crippen molar-refractivity contribution in [3.63, 3.8) is 0 Å². The summed E-state index contributed by atoms with van der Waals surface area (Å²) in [5.74, 6) is -1.97. The Kier molecular flexibility index (Phi) is 3.90. The van der Waals surface area contributed by atoms with Gasteiger partial charge in [-0.2, -0.15) is 0 Å². The number of carbonyl (C=O) groups excluding carboxylic acids is 2. The molecule has 1 heterocycles. The molecule has 1 aromatic carbocycles. The first kappa shape index (κ1) is 14.0. The lowest BCUT2D eigenvalue weighted by molar-refractivity contribution is -0.138. The Morgan fingerprint density at radius 1 is 1.37 bits per heavy atom. The molecule has 0 bridgehead atoms. The molecule has 3 nitrogen and oxygen atoms in total. The molecule has 0 spiro atoms. The highest BCUT2D eigenvalue weighted by Crippen LogP contribution is 2.37. The van der Waals surface area contributed by atoms with Gasteiger partial charge in [0.1, 0.15) is 5.82 Å². The van der Waals surface area contributed by atoms with Gasteiger partial charge < -0.3 is 0 Å². The van der Waals surface area contributed by atoms with Gasteiger partial charge >= 0.3 is 0 Å². The van der Waals surface area contributed by atoms with Crippen LogP contribution in [-0.4, -0.2) is 11.8 Å². The monoisotopic (exact) mass is 283 g/mol. The average Bonchev–Trinajstić information content (AvgIpc) is 2.26. The molecule has 1 saturated heterocycles. The Morgan fingerprint density at radius 2 is 2.05 bits per heavy atom. The number of imide groups is 1. The summed E-state index contributed by atoms with van der Waals surface area (Å²) in [6.45, 7) is 3.78. The molecule has 1 aliphatic heterocycles. The van der Waals surface area contributed by atoms with E-state index >= 15 is 0 Å². The van der Waals surface area contributed by atoms with Gasteiger partial charge in [-0.1, -0.05) is 31.5 Å². The van der Waals surface area contributed by atoms with E-state index in [1.54, 1.807) is 12.1 Å². The number of hydrogen-bond acceptors (Lipinski definition) is 2. The zero-order valence-electron chi connectivity index (χ0n) is 10.7. The smallest absolute Gasteiger partial charge is 0.230 e. The highest BCUT2D eigenvalue weighted by Gasteiger charge is 2.39. The van der Waals surface area contributed by atoms with Crippen LogP contribution in [0.15, 0.2) is 18.2 Å². The van der Waals surface area contributed by atoms with Crippen LogP contribution in [-0.2, 0) is 9.59 Å². The highest BCUT2D eigenvalue weighted by atomic mass is 35.5. The van der Waals surface area contributed by atoms with E-state index in [1.165, 1.54) is 6.07 Å². The van der Waals surface area contributed by atoms with Gasteiger partial charge in [0.05, 0.1) is 0 Å². The molecular weight excluding hydrogens is 269 g/mol. The molecule has 2 atom stereocenters. The number of rotatable bonds is 2. The summed E-state index contributed by atoms with van der Waals surface area (Å²) in [5.41, 5.74) is 0.381. The van der Waals surface area contributed by atoms with E-state index in [-0.39, 0.29) is 24.2 Å². The zero-order valence-corrected chi connectivity index (χ0v) is 11.5. The van der Waals surface area contributed by atoms with Crippen molar-refractivity contribution in [3.8, 4) is 0 Å². The second-order valence-electron chi connectivity index (χ2n) is 5.16. The van der Waals surface area contributed by atoms with Crippen LogP contribution in [0, 0.1) is 17.7 Å². The van der Waals surface area contributed by atoms with E-state index in [4.69, 9.17) is 11.6 Å². The first-order valence-corrected chi connectivity index (χ1v) is 6.56. The van der Waals surface area contributed by atoms with Gasteiger partial charge in [0, 0.05) is 23.3 Å². The highest BCUT2D eigenvalue weighted by molar-refractivity contribution is 6.30. The molecular formula is C14H15ClFNO2. The van der Waals surface area contributed by atoms with Gasteiger partial charge in [0.15, 0.2) is 0 Å². The van der Waals surface area contributed by atoms with E-state index < -0.39 is 17.7 Å². The van der Waals surface area contributed by atoms with Gasteiger partial charge in [-0.3, -0.25) is 14.9 Å². The van der Waals surface area contributed by atoms with E-state index in [9.17, 15) is 14.0 Å². The number of halogens is 2. The van der Waals surface area contributed by atoms with Crippen molar-refractivity contribution in [1.29, 1.82) is 0 Å². The topological polar surface area (TPSA) is 46.2 Å². The molecule has 2 amide bonds. The van der Waals surface area contributed by atoms with E-state index in [0.29, 0.717) is 10.6 Å². The standard InChI is InChI=1S/C14H15ClFNO2/c1-7(2)13-10(6-12(18)17-14(13)19)9-4-3-8(15)5-11(9)16/h3-5,7,10,13H,6H2,1-2H3,(H,17,18,19).